The Kier molecular flexibility index (Phi) is 5.76. The van der Waals surface area contributed by atoms with Crippen molar-refractivity contribution in [3.05, 3.63) is 40.0 Å². The first-order valence-corrected chi connectivity index (χ1v) is 7.49. The number of para-hydroxylation sites is 1. The van der Waals surface area contributed by atoms with E-state index >= 15 is 0 Å². The average Bonchev–Trinajstić information content (AvgIpc) is 2.90. The van der Waals surface area contributed by atoms with E-state index in [4.69, 9.17) is 27.7 Å². The average molecular weight is 343 g/mol. The summed E-state index contributed by atoms with van der Waals surface area (Å²) >= 11 is 12.0. The third-order valence-corrected chi connectivity index (χ3v) is 3.49. The van der Waals surface area contributed by atoms with Crippen molar-refractivity contribution in [2.45, 2.75) is 19.9 Å². The summed E-state index contributed by atoms with van der Waals surface area (Å²) in [5.74, 6) is 0.898. The number of carbonyl (C=O) groups excluding carboxylic acids is 1. The molecular formula is C14H16Cl2N4O2. The third kappa shape index (κ3) is 4.43. The van der Waals surface area contributed by atoms with Gasteiger partial charge in [-0.15, -0.1) is 0 Å². The van der Waals surface area contributed by atoms with Crippen molar-refractivity contribution in [2.24, 2.45) is 0 Å². The Morgan fingerprint density at radius 1 is 1.36 bits per heavy atom. The van der Waals surface area contributed by atoms with E-state index in [1.807, 2.05) is 6.92 Å². The Hall–Kier alpha value is -1.63. The lowest BCUT2D eigenvalue weighted by Gasteiger charge is -2.15. The number of likely N-dealkylation sites (N-methyl/N-ethyl adjacent to an activating group) is 1. The molecule has 2 rings (SSSR count). The molecule has 118 valence electrons. The van der Waals surface area contributed by atoms with Crippen LogP contribution in [0.2, 0.25) is 10.0 Å². The van der Waals surface area contributed by atoms with Crippen LogP contribution in [-0.4, -0.2) is 34.5 Å². The zero-order chi connectivity index (χ0) is 16.1. The van der Waals surface area contributed by atoms with Gasteiger partial charge in [0.25, 0.3) is 0 Å². The lowest BCUT2D eigenvalue weighted by Crippen LogP contribution is -2.30. The summed E-state index contributed by atoms with van der Waals surface area (Å²) in [5, 5.41) is 7.34. The van der Waals surface area contributed by atoms with E-state index in [1.165, 1.54) is 0 Å². The molecule has 0 fully saturated rings. The minimum absolute atomic E-state index is 0.150. The minimum Gasteiger partial charge on any atom is -0.339 e. The molecule has 8 heteroatoms. The smallest absolute Gasteiger partial charge is 0.238 e. The Morgan fingerprint density at radius 2 is 2.05 bits per heavy atom. The van der Waals surface area contributed by atoms with Crippen LogP contribution >= 0.6 is 23.2 Å². The largest absolute Gasteiger partial charge is 0.339 e. The molecule has 1 N–H and O–H groups in total. The monoisotopic (exact) mass is 342 g/mol. The lowest BCUT2D eigenvalue weighted by atomic mass is 10.3. The van der Waals surface area contributed by atoms with Crippen LogP contribution in [0.3, 0.4) is 0 Å². The highest BCUT2D eigenvalue weighted by molar-refractivity contribution is 6.39. The van der Waals surface area contributed by atoms with E-state index in [1.54, 1.807) is 30.1 Å². The van der Waals surface area contributed by atoms with Crippen molar-refractivity contribution in [1.29, 1.82) is 0 Å². The number of nitrogens with zero attached hydrogens (tertiary/aromatic N) is 3. The van der Waals surface area contributed by atoms with Gasteiger partial charge in [0.2, 0.25) is 11.8 Å². The zero-order valence-corrected chi connectivity index (χ0v) is 13.8. The molecule has 2 aromatic rings. The summed E-state index contributed by atoms with van der Waals surface area (Å²) in [5.41, 5.74) is 0.414. The Labute approximate surface area is 138 Å². The molecule has 0 bridgehead atoms. The molecule has 1 aromatic carbocycles. The summed E-state index contributed by atoms with van der Waals surface area (Å²) in [7, 11) is 1.79. The number of aromatic nitrogens is 2. The third-order valence-electron chi connectivity index (χ3n) is 2.86. The fraction of sp³-hybridized carbons (Fsp3) is 0.357. The number of hydrogen-bond donors (Lipinski definition) is 1. The molecule has 0 atom stereocenters. The van der Waals surface area contributed by atoms with E-state index in [0.717, 1.165) is 0 Å². The van der Waals surface area contributed by atoms with Crippen LogP contribution in [-0.2, 0) is 17.8 Å². The molecule has 6 nitrogen and oxygen atoms in total. The van der Waals surface area contributed by atoms with Crippen LogP contribution in [0.5, 0.6) is 0 Å². The summed E-state index contributed by atoms with van der Waals surface area (Å²) in [4.78, 5) is 18.0. The normalized spacial score (nSPS) is 11.0. The number of nitrogens with one attached hydrogen (secondary N) is 1. The van der Waals surface area contributed by atoms with Gasteiger partial charge in [0, 0.05) is 6.42 Å². The summed E-state index contributed by atoms with van der Waals surface area (Å²) in [6.45, 7) is 2.49. The number of amides is 1. The summed E-state index contributed by atoms with van der Waals surface area (Å²) < 4.78 is 5.02. The number of aryl methyl sites for hydroxylation is 1. The van der Waals surface area contributed by atoms with E-state index in [-0.39, 0.29) is 12.5 Å². The number of halogens is 2. The molecule has 0 spiro atoms. The molecule has 0 unspecified atom stereocenters. The number of carbonyl (C=O) groups is 1. The van der Waals surface area contributed by atoms with Gasteiger partial charge in [0.1, 0.15) is 0 Å². The first kappa shape index (κ1) is 16.7. The van der Waals surface area contributed by atoms with Crippen LogP contribution in [0.25, 0.3) is 0 Å². The van der Waals surface area contributed by atoms with Gasteiger partial charge < -0.3 is 9.84 Å². The second-order valence-electron chi connectivity index (χ2n) is 4.78. The fourth-order valence-electron chi connectivity index (χ4n) is 1.84. The molecule has 22 heavy (non-hydrogen) atoms. The van der Waals surface area contributed by atoms with E-state index < -0.39 is 0 Å². The second kappa shape index (κ2) is 7.58. The highest BCUT2D eigenvalue weighted by Gasteiger charge is 2.13. The SMILES string of the molecule is CCc1nc(CN(C)CC(=O)Nc2c(Cl)cccc2Cl)no1. The maximum absolute atomic E-state index is 12.0. The lowest BCUT2D eigenvalue weighted by molar-refractivity contribution is -0.117. The van der Waals surface area contributed by atoms with E-state index in [0.29, 0.717) is 40.4 Å². The van der Waals surface area contributed by atoms with Crippen LogP contribution in [0.15, 0.2) is 22.7 Å². The Balaban J connectivity index is 1.91. The van der Waals surface area contributed by atoms with Gasteiger partial charge in [-0.3, -0.25) is 9.69 Å². The van der Waals surface area contributed by atoms with Crippen molar-refractivity contribution < 1.29 is 9.32 Å². The van der Waals surface area contributed by atoms with Gasteiger partial charge in [0.05, 0.1) is 28.8 Å². The van der Waals surface area contributed by atoms with Crippen LogP contribution in [0.1, 0.15) is 18.6 Å². The van der Waals surface area contributed by atoms with Crippen molar-refractivity contribution in [3.8, 4) is 0 Å². The Bertz CT molecular complexity index is 640. The van der Waals surface area contributed by atoms with Gasteiger partial charge >= 0.3 is 0 Å². The van der Waals surface area contributed by atoms with E-state index in [9.17, 15) is 4.79 Å². The van der Waals surface area contributed by atoms with Crippen molar-refractivity contribution in [2.75, 3.05) is 18.9 Å². The standard InChI is InChI=1S/C14H16Cl2N4O2/c1-3-13-17-11(19-22-13)7-20(2)8-12(21)18-14-9(15)5-4-6-10(14)16/h4-6H,3,7-8H2,1-2H3,(H,18,21). The summed E-state index contributed by atoms with van der Waals surface area (Å²) in [6.07, 6.45) is 0.683. The van der Waals surface area contributed by atoms with Crippen LogP contribution in [0.4, 0.5) is 5.69 Å². The minimum atomic E-state index is -0.225. The van der Waals surface area contributed by atoms with Gasteiger partial charge in [-0.2, -0.15) is 4.98 Å². The van der Waals surface area contributed by atoms with Gasteiger partial charge in [-0.1, -0.05) is 41.3 Å². The number of hydrogen-bond acceptors (Lipinski definition) is 5. The molecule has 1 amide bonds. The molecule has 0 aliphatic rings. The molecule has 1 aromatic heterocycles. The van der Waals surface area contributed by atoms with E-state index in [2.05, 4.69) is 15.5 Å². The Morgan fingerprint density at radius 3 is 2.64 bits per heavy atom. The number of anilines is 1. The van der Waals surface area contributed by atoms with Crippen LogP contribution < -0.4 is 5.32 Å². The maximum Gasteiger partial charge on any atom is 0.238 e. The fourth-order valence-corrected chi connectivity index (χ4v) is 2.33. The van der Waals surface area contributed by atoms with Gasteiger partial charge in [-0.25, -0.2) is 0 Å². The van der Waals surface area contributed by atoms with Crippen molar-refractivity contribution in [3.63, 3.8) is 0 Å². The predicted molar refractivity (Wildman–Crippen MR) is 85.1 cm³/mol. The highest BCUT2D eigenvalue weighted by atomic mass is 35.5. The maximum atomic E-state index is 12.0. The number of rotatable bonds is 6. The first-order valence-electron chi connectivity index (χ1n) is 6.73. The summed E-state index contributed by atoms with van der Waals surface area (Å²) in [6, 6.07) is 5.05. The zero-order valence-electron chi connectivity index (χ0n) is 12.3. The van der Waals surface area contributed by atoms with Gasteiger partial charge in [-0.05, 0) is 19.2 Å². The molecule has 1 heterocycles. The quantitative estimate of drug-likeness (QED) is 0.873. The van der Waals surface area contributed by atoms with Gasteiger partial charge in [0.15, 0.2) is 5.82 Å². The molecule has 0 radical (unpaired) electrons. The molecule has 0 aliphatic heterocycles. The highest BCUT2D eigenvalue weighted by Crippen LogP contribution is 2.29. The molecule has 0 aliphatic carbocycles. The molecule has 0 saturated carbocycles. The topological polar surface area (TPSA) is 71.3 Å². The van der Waals surface area contributed by atoms with Crippen molar-refractivity contribution >= 4 is 34.8 Å². The number of benzene rings is 1. The first-order chi connectivity index (χ1) is 10.5. The molecule has 0 saturated heterocycles. The van der Waals surface area contributed by atoms with Crippen LogP contribution in [0, 0.1) is 0 Å². The predicted octanol–water partition coefficient (Wildman–Crippen LogP) is 3.01. The second-order valence-corrected chi connectivity index (χ2v) is 5.59. The molecular weight excluding hydrogens is 327 g/mol. The van der Waals surface area contributed by atoms with Crippen molar-refractivity contribution in [1.82, 2.24) is 15.0 Å².